The van der Waals surface area contributed by atoms with Crippen molar-refractivity contribution in [2.45, 2.75) is 19.9 Å². The first kappa shape index (κ1) is 12.4. The van der Waals surface area contributed by atoms with Crippen molar-refractivity contribution in [3.63, 3.8) is 0 Å². The Labute approximate surface area is 107 Å². The minimum Gasteiger partial charge on any atom is -0.333 e. The van der Waals surface area contributed by atoms with Crippen LogP contribution in [0.4, 0.5) is 0 Å². The van der Waals surface area contributed by atoms with Gasteiger partial charge in [-0.15, -0.1) is 0 Å². The molecule has 0 unspecified atom stereocenters. The Balaban J connectivity index is 2.25. The number of rotatable bonds is 3. The summed E-state index contributed by atoms with van der Waals surface area (Å²) in [5, 5.41) is 3.75. The maximum Gasteiger partial charge on any atom is 0.255 e. The highest BCUT2D eigenvalue weighted by Crippen LogP contribution is 2.23. The van der Waals surface area contributed by atoms with E-state index >= 15 is 0 Å². The average molecular weight is 253 g/mol. The monoisotopic (exact) mass is 252 g/mol. The van der Waals surface area contributed by atoms with Crippen molar-refractivity contribution < 1.29 is 4.79 Å². The van der Waals surface area contributed by atoms with Gasteiger partial charge in [0.15, 0.2) is 0 Å². The molecule has 1 amide bonds. The predicted octanol–water partition coefficient (Wildman–Crippen LogP) is 2.08. The lowest BCUT2D eigenvalue weighted by Crippen LogP contribution is -2.58. The second-order valence-electron chi connectivity index (χ2n) is 4.34. The molecule has 1 fully saturated rings. The maximum absolute atomic E-state index is 12.4. The molecule has 0 aromatic heterocycles. The lowest BCUT2D eigenvalue weighted by Gasteiger charge is -2.37. The first-order valence-electron chi connectivity index (χ1n) is 5.92. The smallest absolute Gasteiger partial charge is 0.255 e. The van der Waals surface area contributed by atoms with Gasteiger partial charge in [0.1, 0.15) is 0 Å². The van der Waals surface area contributed by atoms with E-state index in [2.05, 4.69) is 5.32 Å². The summed E-state index contributed by atoms with van der Waals surface area (Å²) in [6.45, 7) is 6.39. The van der Waals surface area contributed by atoms with Crippen molar-refractivity contribution >= 4 is 17.5 Å². The highest BCUT2D eigenvalue weighted by Gasteiger charge is 2.28. The summed E-state index contributed by atoms with van der Waals surface area (Å²) in [6, 6.07) is 5.90. The van der Waals surface area contributed by atoms with Crippen molar-refractivity contribution in [3.05, 3.63) is 34.3 Å². The van der Waals surface area contributed by atoms with Gasteiger partial charge in [0, 0.05) is 19.6 Å². The number of hydrogen-bond acceptors (Lipinski definition) is 2. The van der Waals surface area contributed by atoms with E-state index in [-0.39, 0.29) is 5.91 Å². The van der Waals surface area contributed by atoms with Gasteiger partial charge in [0.2, 0.25) is 0 Å². The fraction of sp³-hybridized carbons (Fsp3) is 0.462. The van der Waals surface area contributed by atoms with Gasteiger partial charge < -0.3 is 10.2 Å². The minimum absolute atomic E-state index is 0.0349. The Hall–Kier alpha value is -1.06. The number of carbonyl (C=O) groups is 1. The number of carbonyl (C=O) groups excluding carboxylic acids is 1. The molecule has 4 heteroatoms. The molecule has 0 spiro atoms. The number of amides is 1. The number of halogens is 1. The first-order valence-corrected chi connectivity index (χ1v) is 6.29. The van der Waals surface area contributed by atoms with Crippen LogP contribution in [0, 0.1) is 6.92 Å². The van der Waals surface area contributed by atoms with Crippen LogP contribution in [0.25, 0.3) is 0 Å². The summed E-state index contributed by atoms with van der Waals surface area (Å²) < 4.78 is 0. The van der Waals surface area contributed by atoms with E-state index < -0.39 is 0 Å². The van der Waals surface area contributed by atoms with Crippen molar-refractivity contribution in [1.29, 1.82) is 0 Å². The summed E-state index contributed by atoms with van der Waals surface area (Å²) in [7, 11) is 0. The second-order valence-corrected chi connectivity index (χ2v) is 4.72. The topological polar surface area (TPSA) is 32.3 Å². The van der Waals surface area contributed by atoms with Crippen LogP contribution in [0.1, 0.15) is 22.8 Å². The van der Waals surface area contributed by atoms with E-state index in [9.17, 15) is 4.79 Å². The maximum atomic E-state index is 12.4. The van der Waals surface area contributed by atoms with Crippen LogP contribution >= 0.6 is 11.6 Å². The Bertz CT molecular complexity index is 429. The van der Waals surface area contributed by atoms with E-state index in [4.69, 9.17) is 11.6 Å². The van der Waals surface area contributed by atoms with Gasteiger partial charge >= 0.3 is 0 Å². The number of hydrogen-bond donors (Lipinski definition) is 1. The Morgan fingerprint density at radius 3 is 2.76 bits per heavy atom. The number of likely N-dealkylation sites (N-methyl/N-ethyl adjacent to an activating group) is 1. The van der Waals surface area contributed by atoms with E-state index in [1.165, 1.54) is 0 Å². The van der Waals surface area contributed by atoms with E-state index in [1.54, 1.807) is 6.07 Å². The van der Waals surface area contributed by atoms with Crippen molar-refractivity contribution in [2.24, 2.45) is 0 Å². The summed E-state index contributed by atoms with van der Waals surface area (Å²) in [4.78, 5) is 14.3. The summed E-state index contributed by atoms with van der Waals surface area (Å²) in [5.74, 6) is 0.0349. The molecule has 92 valence electrons. The van der Waals surface area contributed by atoms with Gasteiger partial charge in [-0.1, -0.05) is 23.7 Å². The lowest BCUT2D eigenvalue weighted by atomic mass is 10.1. The molecule has 1 aliphatic rings. The normalized spacial score (nSPS) is 15.5. The van der Waals surface area contributed by atoms with E-state index in [1.807, 2.05) is 30.9 Å². The molecule has 0 aliphatic carbocycles. The summed E-state index contributed by atoms with van der Waals surface area (Å²) >= 11 is 6.19. The molecule has 17 heavy (non-hydrogen) atoms. The Kier molecular flexibility index (Phi) is 3.69. The van der Waals surface area contributed by atoms with Gasteiger partial charge in [-0.3, -0.25) is 4.79 Å². The number of nitrogens with one attached hydrogen (secondary N) is 1. The molecule has 0 atom stereocenters. The van der Waals surface area contributed by atoms with Crippen LogP contribution in [-0.2, 0) is 0 Å². The van der Waals surface area contributed by atoms with Gasteiger partial charge in [0.05, 0.1) is 16.6 Å². The van der Waals surface area contributed by atoms with Crippen molar-refractivity contribution in [2.75, 3.05) is 19.6 Å². The van der Waals surface area contributed by atoms with E-state index in [0.29, 0.717) is 16.6 Å². The quantitative estimate of drug-likeness (QED) is 0.894. The van der Waals surface area contributed by atoms with Gasteiger partial charge in [0.25, 0.3) is 5.91 Å². The highest BCUT2D eigenvalue weighted by atomic mass is 35.5. The largest absolute Gasteiger partial charge is 0.333 e. The third kappa shape index (κ3) is 2.31. The summed E-state index contributed by atoms with van der Waals surface area (Å²) in [6.07, 6.45) is 0. The molecular formula is C13H17ClN2O. The lowest BCUT2D eigenvalue weighted by molar-refractivity contribution is 0.0630. The molecule has 1 N–H and O–H groups in total. The van der Waals surface area contributed by atoms with E-state index in [0.717, 1.165) is 25.2 Å². The second kappa shape index (κ2) is 5.07. The van der Waals surface area contributed by atoms with Crippen molar-refractivity contribution in [1.82, 2.24) is 10.2 Å². The minimum atomic E-state index is 0.0349. The predicted molar refractivity (Wildman–Crippen MR) is 69.6 cm³/mol. The fourth-order valence-electron chi connectivity index (χ4n) is 2.03. The molecule has 0 radical (unpaired) electrons. The molecule has 0 saturated carbocycles. The molecule has 1 heterocycles. The number of nitrogens with zero attached hydrogens (tertiary/aromatic N) is 1. The van der Waals surface area contributed by atoms with Gasteiger partial charge in [-0.05, 0) is 25.5 Å². The first-order chi connectivity index (χ1) is 8.15. The Morgan fingerprint density at radius 2 is 2.24 bits per heavy atom. The standard InChI is InChI=1S/C13H17ClN2O/c1-3-16(10-7-15-8-10)13(17)11-6-4-5-9(2)12(11)14/h4-6,10,15H,3,7-8H2,1-2H3. The third-order valence-corrected chi connectivity index (χ3v) is 3.73. The highest BCUT2D eigenvalue weighted by molar-refractivity contribution is 6.34. The molecule has 1 aromatic carbocycles. The molecule has 2 rings (SSSR count). The summed E-state index contributed by atoms with van der Waals surface area (Å²) in [5.41, 5.74) is 1.56. The van der Waals surface area contributed by atoms with Gasteiger partial charge in [-0.2, -0.15) is 0 Å². The molecular weight excluding hydrogens is 236 g/mol. The van der Waals surface area contributed by atoms with Crippen LogP contribution in [0.15, 0.2) is 18.2 Å². The van der Waals surface area contributed by atoms with Crippen LogP contribution < -0.4 is 5.32 Å². The fourth-order valence-corrected chi connectivity index (χ4v) is 2.24. The average Bonchev–Trinajstić information content (AvgIpc) is 2.26. The number of benzene rings is 1. The van der Waals surface area contributed by atoms with Crippen LogP contribution in [0.5, 0.6) is 0 Å². The zero-order chi connectivity index (χ0) is 12.4. The Morgan fingerprint density at radius 1 is 1.53 bits per heavy atom. The molecule has 1 aromatic rings. The SMILES string of the molecule is CCN(C(=O)c1cccc(C)c1Cl)C1CNC1. The molecule has 1 saturated heterocycles. The molecule has 1 aliphatic heterocycles. The zero-order valence-corrected chi connectivity index (χ0v) is 10.9. The number of aryl methyl sites for hydroxylation is 1. The third-order valence-electron chi connectivity index (χ3n) is 3.22. The zero-order valence-electron chi connectivity index (χ0n) is 10.2. The van der Waals surface area contributed by atoms with Crippen LogP contribution in [0.2, 0.25) is 5.02 Å². The molecule has 0 bridgehead atoms. The van der Waals surface area contributed by atoms with Crippen molar-refractivity contribution in [3.8, 4) is 0 Å². The van der Waals surface area contributed by atoms with Crippen LogP contribution in [0.3, 0.4) is 0 Å². The van der Waals surface area contributed by atoms with Gasteiger partial charge in [-0.25, -0.2) is 0 Å². The van der Waals surface area contributed by atoms with Crippen LogP contribution in [-0.4, -0.2) is 36.5 Å². The molecule has 3 nitrogen and oxygen atoms in total.